The second-order valence-corrected chi connectivity index (χ2v) is 7.69. The fraction of sp³-hybridized carbons (Fsp3) is 0.409. The average molecular weight is 435 g/mol. The number of amides is 1. The summed E-state index contributed by atoms with van der Waals surface area (Å²) in [6.45, 7) is 3.73. The van der Waals surface area contributed by atoms with Crippen LogP contribution in [0, 0.1) is 13.8 Å². The smallest absolute Gasteiger partial charge is 0.416 e. The van der Waals surface area contributed by atoms with Crippen molar-refractivity contribution in [2.75, 3.05) is 0 Å². The Balaban J connectivity index is 1.68. The summed E-state index contributed by atoms with van der Waals surface area (Å²) in [6.07, 6.45) is 0.568. The number of hydrogen-bond acceptors (Lipinski definition) is 3. The van der Waals surface area contributed by atoms with Gasteiger partial charge in [0.25, 0.3) is 0 Å². The predicted octanol–water partition coefficient (Wildman–Crippen LogP) is 4.29. The lowest BCUT2D eigenvalue weighted by Gasteiger charge is -2.15. The molecule has 2 atom stereocenters. The molecule has 0 fully saturated rings. The van der Waals surface area contributed by atoms with Gasteiger partial charge in [-0.1, -0.05) is 12.2 Å². The number of aryl methyl sites for hydroxylation is 1. The van der Waals surface area contributed by atoms with E-state index in [1.54, 1.807) is 4.68 Å². The fourth-order valence-corrected chi connectivity index (χ4v) is 3.93. The molecule has 0 bridgehead atoms. The number of nitrogens with zero attached hydrogens (tertiary/aromatic N) is 2. The number of nitrogens with one attached hydrogen (secondary N) is 1. The molecule has 0 spiro atoms. The normalized spacial score (nSPS) is 18.4. The summed E-state index contributed by atoms with van der Waals surface area (Å²) in [5, 5.41) is 16.1. The van der Waals surface area contributed by atoms with Gasteiger partial charge in [0, 0.05) is 36.1 Å². The highest BCUT2D eigenvalue weighted by Crippen LogP contribution is 2.34. The molecular formula is C22H24F3N3O3. The van der Waals surface area contributed by atoms with E-state index < -0.39 is 17.7 Å². The Bertz CT molecular complexity index is 994. The molecule has 31 heavy (non-hydrogen) atoms. The van der Waals surface area contributed by atoms with Crippen LogP contribution in [0.2, 0.25) is 0 Å². The highest BCUT2D eigenvalue weighted by atomic mass is 19.4. The van der Waals surface area contributed by atoms with Gasteiger partial charge >= 0.3 is 12.1 Å². The summed E-state index contributed by atoms with van der Waals surface area (Å²) >= 11 is 0. The summed E-state index contributed by atoms with van der Waals surface area (Å²) in [4.78, 5) is 22.6. The lowest BCUT2D eigenvalue weighted by Crippen LogP contribution is -2.32. The number of carboxylic acid groups (broad SMARTS) is 1. The van der Waals surface area contributed by atoms with Gasteiger partial charge in [-0.15, -0.1) is 0 Å². The van der Waals surface area contributed by atoms with Gasteiger partial charge in [-0.3, -0.25) is 9.59 Å². The maximum Gasteiger partial charge on any atom is 0.416 e. The summed E-state index contributed by atoms with van der Waals surface area (Å²) in [5.74, 6) is -1.09. The van der Waals surface area contributed by atoms with Gasteiger partial charge in [0.15, 0.2) is 0 Å². The van der Waals surface area contributed by atoms with E-state index in [9.17, 15) is 22.8 Å². The quantitative estimate of drug-likeness (QED) is 0.636. The van der Waals surface area contributed by atoms with Gasteiger partial charge in [0.05, 0.1) is 16.9 Å². The third kappa shape index (κ3) is 5.34. The zero-order valence-corrected chi connectivity index (χ0v) is 17.2. The lowest BCUT2D eigenvalue weighted by atomic mass is 9.96. The second kappa shape index (κ2) is 8.95. The van der Waals surface area contributed by atoms with Crippen LogP contribution in [0.3, 0.4) is 0 Å². The van der Waals surface area contributed by atoms with Crippen LogP contribution in [0.25, 0.3) is 5.69 Å². The van der Waals surface area contributed by atoms with Crippen LogP contribution in [-0.4, -0.2) is 32.8 Å². The molecule has 1 aromatic carbocycles. The summed E-state index contributed by atoms with van der Waals surface area (Å²) < 4.78 is 40.1. The molecule has 166 valence electrons. The molecule has 2 N–H and O–H groups in total. The molecule has 6 nitrogen and oxygen atoms in total. The van der Waals surface area contributed by atoms with Crippen molar-refractivity contribution in [2.45, 2.75) is 57.7 Å². The Morgan fingerprint density at radius 1 is 1.16 bits per heavy atom. The van der Waals surface area contributed by atoms with E-state index in [0.29, 0.717) is 18.5 Å². The highest BCUT2D eigenvalue weighted by Gasteiger charge is 2.30. The van der Waals surface area contributed by atoms with Crippen molar-refractivity contribution in [3.05, 3.63) is 58.9 Å². The lowest BCUT2D eigenvalue weighted by molar-refractivity contribution is -0.138. The van der Waals surface area contributed by atoms with Crippen molar-refractivity contribution in [3.63, 3.8) is 0 Å². The van der Waals surface area contributed by atoms with Gasteiger partial charge in [-0.05, 0) is 51.0 Å². The molecule has 0 radical (unpaired) electrons. The first-order valence-electron chi connectivity index (χ1n) is 9.99. The summed E-state index contributed by atoms with van der Waals surface area (Å²) in [5.41, 5.74) is 2.43. The third-order valence-electron chi connectivity index (χ3n) is 5.38. The van der Waals surface area contributed by atoms with Crippen LogP contribution in [0.4, 0.5) is 13.2 Å². The zero-order chi connectivity index (χ0) is 22.8. The number of benzene rings is 1. The molecule has 3 rings (SSSR count). The van der Waals surface area contributed by atoms with Gasteiger partial charge < -0.3 is 10.4 Å². The number of aromatic nitrogens is 2. The van der Waals surface area contributed by atoms with Crippen LogP contribution in [0.1, 0.15) is 54.1 Å². The molecule has 1 aliphatic carbocycles. The Hall–Kier alpha value is -3.10. The first kappa shape index (κ1) is 22.6. The number of carbonyl (C=O) groups is 2. The van der Waals surface area contributed by atoms with E-state index >= 15 is 0 Å². The predicted molar refractivity (Wildman–Crippen MR) is 108 cm³/mol. The van der Waals surface area contributed by atoms with Gasteiger partial charge in [-0.25, -0.2) is 4.68 Å². The Kier molecular flexibility index (Phi) is 6.52. The van der Waals surface area contributed by atoms with Crippen LogP contribution < -0.4 is 5.32 Å². The van der Waals surface area contributed by atoms with Gasteiger partial charge in [0.2, 0.25) is 5.91 Å². The number of halogens is 3. The van der Waals surface area contributed by atoms with Crippen molar-refractivity contribution in [3.8, 4) is 5.69 Å². The topological polar surface area (TPSA) is 84.2 Å². The van der Waals surface area contributed by atoms with Crippen LogP contribution in [-0.2, 0) is 15.8 Å². The molecule has 0 aliphatic heterocycles. The number of carbonyl (C=O) groups excluding carboxylic acids is 1. The zero-order valence-electron chi connectivity index (χ0n) is 17.2. The standard InChI is InChI=1S/C22H24F3N3O3/c1-13-21(15-6-9-17(12-15)26-19(29)4-3-5-20(30)31)14(2)28(27-13)18-10-7-16(8-11-18)22(23,24)25/h6-11,15,17H,3-5,12H2,1-2H3,(H,26,29)(H,30,31)/t15-,17-/m1/s1. The molecule has 1 aromatic heterocycles. The molecule has 0 unspecified atom stereocenters. The van der Waals surface area contributed by atoms with Crippen molar-refractivity contribution in [1.82, 2.24) is 15.1 Å². The van der Waals surface area contributed by atoms with Crippen molar-refractivity contribution in [2.24, 2.45) is 0 Å². The minimum atomic E-state index is -4.39. The Morgan fingerprint density at radius 3 is 2.45 bits per heavy atom. The minimum absolute atomic E-state index is 0.0208. The molecule has 1 amide bonds. The Morgan fingerprint density at radius 2 is 1.84 bits per heavy atom. The minimum Gasteiger partial charge on any atom is -0.481 e. The molecule has 1 aliphatic rings. The average Bonchev–Trinajstić information content (AvgIpc) is 3.24. The fourth-order valence-electron chi connectivity index (χ4n) is 3.93. The maximum absolute atomic E-state index is 12.8. The van der Waals surface area contributed by atoms with E-state index in [-0.39, 0.29) is 30.7 Å². The van der Waals surface area contributed by atoms with Gasteiger partial charge in [-0.2, -0.15) is 18.3 Å². The number of rotatable bonds is 7. The monoisotopic (exact) mass is 435 g/mol. The third-order valence-corrected chi connectivity index (χ3v) is 5.38. The van der Waals surface area contributed by atoms with Crippen molar-refractivity contribution < 1.29 is 27.9 Å². The molecule has 2 aromatic rings. The maximum atomic E-state index is 12.8. The van der Waals surface area contributed by atoms with Crippen molar-refractivity contribution in [1.29, 1.82) is 0 Å². The number of aliphatic carboxylic acids is 1. The van der Waals surface area contributed by atoms with E-state index in [0.717, 1.165) is 29.1 Å². The van der Waals surface area contributed by atoms with E-state index in [1.807, 2.05) is 26.0 Å². The molecule has 1 heterocycles. The molecule has 9 heteroatoms. The van der Waals surface area contributed by atoms with Crippen molar-refractivity contribution >= 4 is 11.9 Å². The summed E-state index contributed by atoms with van der Waals surface area (Å²) in [6, 6.07) is 4.72. The summed E-state index contributed by atoms with van der Waals surface area (Å²) in [7, 11) is 0. The number of alkyl halides is 3. The number of allylic oxidation sites excluding steroid dienone is 1. The van der Waals surface area contributed by atoms with Gasteiger partial charge in [0.1, 0.15) is 0 Å². The van der Waals surface area contributed by atoms with E-state index in [4.69, 9.17) is 5.11 Å². The second-order valence-electron chi connectivity index (χ2n) is 7.69. The highest BCUT2D eigenvalue weighted by molar-refractivity contribution is 5.77. The first-order valence-corrected chi connectivity index (χ1v) is 9.99. The van der Waals surface area contributed by atoms with Crippen LogP contribution >= 0.6 is 0 Å². The Labute approximate surface area is 177 Å². The largest absolute Gasteiger partial charge is 0.481 e. The van der Waals surface area contributed by atoms with Crippen LogP contribution in [0.5, 0.6) is 0 Å². The van der Waals surface area contributed by atoms with E-state index in [2.05, 4.69) is 10.4 Å². The number of carboxylic acids is 1. The molecule has 0 saturated carbocycles. The van der Waals surface area contributed by atoms with Crippen LogP contribution in [0.15, 0.2) is 36.4 Å². The van der Waals surface area contributed by atoms with E-state index in [1.165, 1.54) is 12.1 Å². The number of hydrogen-bond donors (Lipinski definition) is 2. The SMILES string of the molecule is Cc1nn(-c2ccc(C(F)(F)F)cc2)c(C)c1[C@@H]1C=C[C@@H](NC(=O)CCCC(=O)O)C1. The molecule has 0 saturated heterocycles. The molecular weight excluding hydrogens is 411 g/mol. The first-order chi connectivity index (χ1) is 14.6.